The van der Waals surface area contributed by atoms with Crippen LogP contribution in [-0.4, -0.2) is 25.0 Å². The molecule has 6 nitrogen and oxygen atoms in total. The molecule has 154 valence electrons. The number of hydrogen-bond acceptors (Lipinski definition) is 4. The molecule has 0 aromatic heterocycles. The molecule has 30 heavy (non-hydrogen) atoms. The maximum absolute atomic E-state index is 12.7. The van der Waals surface area contributed by atoms with E-state index in [4.69, 9.17) is 9.47 Å². The fraction of sp³-hybridized carbons (Fsp3) is 0.167. The summed E-state index contributed by atoms with van der Waals surface area (Å²) in [6.07, 6.45) is 0. The lowest BCUT2D eigenvalue weighted by atomic mass is 10.1. The number of amides is 2. The molecule has 0 aliphatic carbocycles. The van der Waals surface area contributed by atoms with Crippen molar-refractivity contribution in [1.82, 2.24) is 0 Å². The first-order valence-electron chi connectivity index (χ1n) is 9.67. The molecular formula is C24H24N2O4. The van der Waals surface area contributed by atoms with Crippen LogP contribution in [-0.2, 0) is 4.79 Å². The largest absolute Gasteiger partial charge is 0.494 e. The molecule has 0 saturated carbocycles. The van der Waals surface area contributed by atoms with Gasteiger partial charge in [0.05, 0.1) is 17.9 Å². The van der Waals surface area contributed by atoms with Gasteiger partial charge in [0, 0.05) is 5.69 Å². The van der Waals surface area contributed by atoms with Gasteiger partial charge >= 0.3 is 0 Å². The van der Waals surface area contributed by atoms with E-state index in [9.17, 15) is 9.59 Å². The van der Waals surface area contributed by atoms with E-state index in [0.29, 0.717) is 29.3 Å². The summed E-state index contributed by atoms with van der Waals surface area (Å²) in [4.78, 5) is 25.0. The number of aryl methyl sites for hydroxylation is 1. The lowest BCUT2D eigenvalue weighted by Gasteiger charge is -2.12. The molecule has 0 aliphatic heterocycles. The highest BCUT2D eigenvalue weighted by molar-refractivity contribution is 6.10. The second-order valence-electron chi connectivity index (χ2n) is 6.61. The smallest absolute Gasteiger partial charge is 0.262 e. The Bertz CT molecular complexity index is 998. The maximum atomic E-state index is 12.7. The van der Waals surface area contributed by atoms with Gasteiger partial charge in [0.15, 0.2) is 6.61 Å². The average Bonchev–Trinajstić information content (AvgIpc) is 2.75. The second kappa shape index (κ2) is 10.1. The number of rotatable bonds is 8. The van der Waals surface area contributed by atoms with Gasteiger partial charge in [0.25, 0.3) is 11.8 Å². The van der Waals surface area contributed by atoms with E-state index in [2.05, 4.69) is 10.6 Å². The number of hydrogen-bond donors (Lipinski definition) is 2. The molecule has 0 aliphatic rings. The number of anilines is 2. The van der Waals surface area contributed by atoms with E-state index in [1.165, 1.54) is 0 Å². The van der Waals surface area contributed by atoms with Crippen LogP contribution >= 0.6 is 0 Å². The third-order valence-electron chi connectivity index (χ3n) is 4.26. The summed E-state index contributed by atoms with van der Waals surface area (Å²) < 4.78 is 10.9. The highest BCUT2D eigenvalue weighted by atomic mass is 16.5. The Morgan fingerprint density at radius 3 is 2.13 bits per heavy atom. The molecule has 0 unspecified atom stereocenters. The minimum atomic E-state index is -0.350. The van der Waals surface area contributed by atoms with Gasteiger partial charge in [-0.05, 0) is 62.4 Å². The number of carbonyl (C=O) groups excluding carboxylic acids is 2. The summed E-state index contributed by atoms with van der Waals surface area (Å²) in [7, 11) is 0. The molecule has 3 rings (SSSR count). The minimum Gasteiger partial charge on any atom is -0.494 e. The first-order valence-corrected chi connectivity index (χ1v) is 9.67. The minimum absolute atomic E-state index is 0.155. The molecule has 2 N–H and O–H groups in total. The third kappa shape index (κ3) is 5.85. The lowest BCUT2D eigenvalue weighted by Crippen LogP contribution is -2.22. The normalized spacial score (nSPS) is 10.2. The topological polar surface area (TPSA) is 76.7 Å². The van der Waals surface area contributed by atoms with Crippen LogP contribution in [0.15, 0.2) is 72.8 Å². The van der Waals surface area contributed by atoms with E-state index in [0.717, 1.165) is 11.3 Å². The molecule has 0 fully saturated rings. The highest BCUT2D eigenvalue weighted by Gasteiger charge is 2.14. The zero-order chi connectivity index (χ0) is 21.3. The summed E-state index contributed by atoms with van der Waals surface area (Å²) in [5.41, 5.74) is 2.51. The molecule has 0 saturated heterocycles. The summed E-state index contributed by atoms with van der Waals surface area (Å²) in [6, 6.07) is 21.4. The van der Waals surface area contributed by atoms with Gasteiger partial charge in [-0.15, -0.1) is 0 Å². The van der Waals surface area contributed by atoms with Crippen molar-refractivity contribution in [2.75, 3.05) is 23.8 Å². The Morgan fingerprint density at radius 2 is 1.43 bits per heavy atom. The fourth-order valence-electron chi connectivity index (χ4n) is 2.76. The summed E-state index contributed by atoms with van der Waals surface area (Å²) >= 11 is 0. The lowest BCUT2D eigenvalue weighted by molar-refractivity contribution is -0.118. The van der Waals surface area contributed by atoms with Crippen molar-refractivity contribution in [1.29, 1.82) is 0 Å². The van der Waals surface area contributed by atoms with Crippen molar-refractivity contribution in [3.05, 3.63) is 83.9 Å². The standard InChI is InChI=1S/C24H24N2O4/c1-3-29-19-14-10-18(11-15-19)25-24(28)21-6-4-5-7-22(21)26-23(27)16-30-20-12-8-17(2)9-13-20/h4-15H,3,16H2,1-2H3,(H,25,28)(H,26,27). The zero-order valence-electron chi connectivity index (χ0n) is 17.0. The fourth-order valence-corrected chi connectivity index (χ4v) is 2.76. The Labute approximate surface area is 175 Å². The monoisotopic (exact) mass is 404 g/mol. The van der Waals surface area contributed by atoms with E-state index >= 15 is 0 Å². The highest BCUT2D eigenvalue weighted by Crippen LogP contribution is 2.20. The summed E-state index contributed by atoms with van der Waals surface area (Å²) in [6.45, 7) is 4.31. The van der Waals surface area contributed by atoms with Crippen molar-refractivity contribution in [3.8, 4) is 11.5 Å². The molecule has 0 spiro atoms. The molecule has 0 atom stereocenters. The molecule has 0 radical (unpaired) electrons. The Morgan fingerprint density at radius 1 is 0.800 bits per heavy atom. The molecule has 6 heteroatoms. The third-order valence-corrected chi connectivity index (χ3v) is 4.26. The van der Waals surface area contributed by atoms with Crippen molar-refractivity contribution in [3.63, 3.8) is 0 Å². The molecule has 3 aromatic rings. The number of benzene rings is 3. The van der Waals surface area contributed by atoms with Crippen molar-refractivity contribution < 1.29 is 19.1 Å². The predicted molar refractivity (Wildman–Crippen MR) is 117 cm³/mol. The van der Waals surface area contributed by atoms with Gasteiger partial charge in [-0.1, -0.05) is 29.8 Å². The quantitative estimate of drug-likeness (QED) is 0.572. The van der Waals surface area contributed by atoms with Crippen LogP contribution in [0.5, 0.6) is 11.5 Å². The maximum Gasteiger partial charge on any atom is 0.262 e. The molecule has 3 aromatic carbocycles. The van der Waals surface area contributed by atoms with Crippen molar-refractivity contribution >= 4 is 23.2 Å². The zero-order valence-corrected chi connectivity index (χ0v) is 17.0. The number of carbonyl (C=O) groups is 2. The van der Waals surface area contributed by atoms with Gasteiger partial charge in [0.1, 0.15) is 11.5 Å². The molecule has 2 amide bonds. The Kier molecular flexibility index (Phi) is 7.05. The predicted octanol–water partition coefficient (Wildman–Crippen LogP) is 4.66. The van der Waals surface area contributed by atoms with Crippen LogP contribution in [0, 0.1) is 6.92 Å². The molecule has 0 bridgehead atoms. The van der Waals surface area contributed by atoms with E-state index in [1.54, 1.807) is 60.7 Å². The molecular weight excluding hydrogens is 380 g/mol. The number of para-hydroxylation sites is 1. The SMILES string of the molecule is CCOc1ccc(NC(=O)c2ccccc2NC(=O)COc2ccc(C)cc2)cc1. The average molecular weight is 404 g/mol. The van der Waals surface area contributed by atoms with Gasteiger partial charge in [0.2, 0.25) is 0 Å². The van der Waals surface area contributed by atoms with Crippen LogP contribution in [0.1, 0.15) is 22.8 Å². The van der Waals surface area contributed by atoms with E-state index in [1.807, 2.05) is 26.0 Å². The van der Waals surface area contributed by atoms with Crippen molar-refractivity contribution in [2.24, 2.45) is 0 Å². The van der Waals surface area contributed by atoms with Crippen LogP contribution in [0.3, 0.4) is 0 Å². The Hall–Kier alpha value is -3.80. The van der Waals surface area contributed by atoms with Crippen LogP contribution < -0.4 is 20.1 Å². The summed E-state index contributed by atoms with van der Waals surface area (Å²) in [5, 5.41) is 5.57. The van der Waals surface area contributed by atoms with Gasteiger partial charge in [-0.2, -0.15) is 0 Å². The summed E-state index contributed by atoms with van der Waals surface area (Å²) in [5.74, 6) is 0.667. The van der Waals surface area contributed by atoms with Gasteiger partial charge < -0.3 is 20.1 Å². The van der Waals surface area contributed by atoms with Gasteiger partial charge in [-0.3, -0.25) is 9.59 Å². The molecule has 0 heterocycles. The van der Waals surface area contributed by atoms with Crippen LogP contribution in [0.2, 0.25) is 0 Å². The number of nitrogens with one attached hydrogen (secondary N) is 2. The number of ether oxygens (including phenoxy) is 2. The van der Waals surface area contributed by atoms with Crippen LogP contribution in [0.4, 0.5) is 11.4 Å². The van der Waals surface area contributed by atoms with Crippen molar-refractivity contribution in [2.45, 2.75) is 13.8 Å². The van der Waals surface area contributed by atoms with Crippen LogP contribution in [0.25, 0.3) is 0 Å². The van der Waals surface area contributed by atoms with E-state index < -0.39 is 0 Å². The van der Waals surface area contributed by atoms with Gasteiger partial charge in [-0.25, -0.2) is 0 Å². The second-order valence-corrected chi connectivity index (χ2v) is 6.61. The Balaban J connectivity index is 1.62. The first kappa shape index (κ1) is 20.9. The first-order chi connectivity index (χ1) is 14.5. The van der Waals surface area contributed by atoms with E-state index in [-0.39, 0.29) is 18.4 Å².